The zero-order chi connectivity index (χ0) is 26.5. The van der Waals surface area contributed by atoms with Gasteiger partial charge in [-0.25, -0.2) is 9.97 Å². The van der Waals surface area contributed by atoms with Crippen LogP contribution in [0.25, 0.3) is 22.0 Å². The van der Waals surface area contributed by atoms with Crippen LogP contribution in [0.5, 0.6) is 11.5 Å². The highest BCUT2D eigenvalue weighted by Gasteiger charge is 2.28. The number of carbonyl (C=O) groups excluding carboxylic acids is 1. The Morgan fingerprint density at radius 2 is 1.95 bits per heavy atom. The third kappa shape index (κ3) is 5.76. The topological polar surface area (TPSA) is 94.6 Å². The lowest BCUT2D eigenvalue weighted by Crippen LogP contribution is -2.39. The predicted octanol–water partition coefficient (Wildman–Crippen LogP) is 6.01. The maximum atomic E-state index is 12.0. The van der Waals surface area contributed by atoms with E-state index in [9.17, 15) is 4.79 Å². The van der Waals surface area contributed by atoms with E-state index in [1.165, 1.54) is 20.3 Å². The number of nitrogens with one attached hydrogen (secondary N) is 2. The largest absolute Gasteiger partial charge is 0.495 e. The van der Waals surface area contributed by atoms with E-state index >= 15 is 0 Å². The molecule has 2 aromatic heterocycles. The number of anilines is 2. The van der Waals surface area contributed by atoms with Gasteiger partial charge in [0.05, 0.1) is 42.6 Å². The Morgan fingerprint density at radius 3 is 2.59 bits per heavy atom. The van der Waals surface area contributed by atoms with Crippen LogP contribution < -0.4 is 20.1 Å². The summed E-state index contributed by atoms with van der Waals surface area (Å²) in [5.41, 5.74) is 1.07. The molecule has 1 saturated heterocycles. The first-order valence-corrected chi connectivity index (χ1v) is 12.8. The molecule has 3 heterocycles. The minimum Gasteiger partial charge on any atom is -0.495 e. The van der Waals surface area contributed by atoms with E-state index in [1.54, 1.807) is 12.3 Å². The molecule has 37 heavy (non-hydrogen) atoms. The molecule has 0 radical (unpaired) electrons. The van der Waals surface area contributed by atoms with Crippen molar-refractivity contribution in [3.63, 3.8) is 0 Å². The fourth-order valence-electron chi connectivity index (χ4n) is 4.48. The van der Waals surface area contributed by atoms with Crippen molar-refractivity contribution in [2.45, 2.75) is 25.8 Å². The molecule has 4 rings (SSSR count). The molecule has 0 aliphatic carbocycles. The second kappa shape index (κ2) is 12.0. The zero-order valence-electron chi connectivity index (χ0n) is 21.1. The molecular weight excluding hydrogens is 515 g/mol. The molecule has 10 heteroatoms. The monoisotopic (exact) mass is 544 g/mol. The first-order chi connectivity index (χ1) is 17.9. The highest BCUT2D eigenvalue weighted by Crippen LogP contribution is 2.46. The Kier molecular flexibility index (Phi) is 8.74. The molecule has 0 amide bonds. The van der Waals surface area contributed by atoms with Crippen molar-refractivity contribution < 1.29 is 19.0 Å². The van der Waals surface area contributed by atoms with Crippen molar-refractivity contribution in [2.75, 3.05) is 44.6 Å². The number of methoxy groups -OCH3 is 2. The number of hydrogen-bond acceptors (Lipinski definition) is 8. The fraction of sp³-hybridized carbons (Fsp3) is 0.370. The van der Waals surface area contributed by atoms with Crippen LogP contribution in [-0.4, -0.2) is 55.8 Å². The highest BCUT2D eigenvalue weighted by molar-refractivity contribution is 6.41. The van der Waals surface area contributed by atoms with E-state index in [1.807, 2.05) is 19.1 Å². The molecule has 0 spiro atoms. The number of hydrogen-bond donors (Lipinski definition) is 2. The minimum absolute atomic E-state index is 0.0304. The molecule has 1 aliphatic rings. The van der Waals surface area contributed by atoms with Crippen LogP contribution in [0.15, 0.2) is 37.1 Å². The lowest BCUT2D eigenvalue weighted by atomic mass is 9.89. The van der Waals surface area contributed by atoms with Gasteiger partial charge in [0, 0.05) is 48.2 Å². The SMILES string of the molecule is C=CC(=O)C[C@H]1CCOC[C@H]1Nc1cc2c(NCC)nc(-c3c(Cl)c(OC)cc(OC)c3Cl)cc2cn1. The molecule has 0 saturated carbocycles. The third-order valence-corrected chi connectivity index (χ3v) is 7.16. The van der Waals surface area contributed by atoms with Crippen molar-refractivity contribution in [1.82, 2.24) is 9.97 Å². The van der Waals surface area contributed by atoms with Gasteiger partial charge in [-0.2, -0.15) is 0 Å². The van der Waals surface area contributed by atoms with Gasteiger partial charge in [0.1, 0.15) is 23.1 Å². The summed E-state index contributed by atoms with van der Waals surface area (Å²) in [6.07, 6.45) is 4.38. The van der Waals surface area contributed by atoms with Gasteiger partial charge >= 0.3 is 0 Å². The van der Waals surface area contributed by atoms with E-state index in [4.69, 9.17) is 42.4 Å². The molecule has 0 unspecified atom stereocenters. The Balaban J connectivity index is 1.75. The van der Waals surface area contributed by atoms with Gasteiger partial charge in [-0.3, -0.25) is 4.79 Å². The lowest BCUT2D eigenvalue weighted by Gasteiger charge is -2.32. The maximum Gasteiger partial charge on any atom is 0.155 e. The first-order valence-electron chi connectivity index (χ1n) is 12.0. The lowest BCUT2D eigenvalue weighted by molar-refractivity contribution is -0.116. The highest BCUT2D eigenvalue weighted by atomic mass is 35.5. The van der Waals surface area contributed by atoms with Gasteiger partial charge in [0.15, 0.2) is 5.78 Å². The van der Waals surface area contributed by atoms with Crippen molar-refractivity contribution in [1.29, 1.82) is 0 Å². The minimum atomic E-state index is -0.0423. The summed E-state index contributed by atoms with van der Waals surface area (Å²) >= 11 is 13.3. The van der Waals surface area contributed by atoms with Crippen molar-refractivity contribution >= 4 is 51.4 Å². The number of pyridine rings is 2. The average Bonchev–Trinajstić information content (AvgIpc) is 2.90. The maximum absolute atomic E-state index is 12.0. The van der Waals surface area contributed by atoms with Gasteiger partial charge < -0.3 is 24.8 Å². The summed E-state index contributed by atoms with van der Waals surface area (Å²) in [5.74, 6) is 2.36. The molecule has 1 aromatic carbocycles. The molecule has 0 bridgehead atoms. The van der Waals surface area contributed by atoms with E-state index < -0.39 is 0 Å². The number of nitrogens with zero attached hydrogens (tertiary/aromatic N) is 2. The van der Waals surface area contributed by atoms with E-state index in [0.29, 0.717) is 70.6 Å². The summed E-state index contributed by atoms with van der Waals surface area (Å²) in [4.78, 5) is 21.5. The second-order valence-corrected chi connectivity index (χ2v) is 9.47. The van der Waals surface area contributed by atoms with Gasteiger partial charge in [-0.15, -0.1) is 0 Å². The van der Waals surface area contributed by atoms with Gasteiger partial charge in [-0.1, -0.05) is 29.8 Å². The Hall–Kier alpha value is -3.07. The quantitative estimate of drug-likeness (QED) is 0.299. The number of benzene rings is 1. The number of ketones is 1. The number of rotatable bonds is 10. The molecule has 2 atom stereocenters. The number of halogens is 2. The fourth-order valence-corrected chi connectivity index (χ4v) is 5.18. The van der Waals surface area contributed by atoms with Gasteiger partial charge in [-0.05, 0) is 37.5 Å². The molecule has 2 N–H and O–H groups in total. The molecule has 1 fully saturated rings. The number of fused-ring (bicyclic) bond motifs is 1. The van der Waals surface area contributed by atoms with Crippen LogP contribution in [0.1, 0.15) is 19.8 Å². The average molecular weight is 545 g/mol. The standard InChI is InChI=1S/C27H30Cl2N4O4/c1-5-17(34)9-15-7-8-37-14-20(15)32-23-11-18-16(13-31-23)10-19(33-27(18)30-6-2)24-25(28)21(35-3)12-22(36-4)26(24)29/h5,10-13,15,20H,1,6-9,14H2,2-4H3,(H,30,33)(H,31,32)/t15-,20-/m1/s1. The molecule has 8 nitrogen and oxygen atoms in total. The molecule has 3 aromatic rings. The molecule has 1 aliphatic heterocycles. The van der Waals surface area contributed by atoms with Crippen molar-refractivity contribution in [3.05, 3.63) is 47.1 Å². The normalized spacial score (nSPS) is 17.3. The number of ether oxygens (including phenoxy) is 3. The number of carbonyl (C=O) groups is 1. The third-order valence-electron chi connectivity index (χ3n) is 6.41. The second-order valence-electron chi connectivity index (χ2n) is 8.71. The van der Waals surface area contributed by atoms with E-state index in [2.05, 4.69) is 22.2 Å². The van der Waals surface area contributed by atoms with Crippen LogP contribution in [0.2, 0.25) is 10.0 Å². The Bertz CT molecular complexity index is 1290. The Morgan fingerprint density at radius 1 is 1.22 bits per heavy atom. The van der Waals surface area contributed by atoms with E-state index in [0.717, 1.165) is 17.2 Å². The van der Waals surface area contributed by atoms with Crippen LogP contribution in [0.3, 0.4) is 0 Å². The Labute approximate surface area is 226 Å². The number of aromatic nitrogens is 2. The molecule has 196 valence electrons. The van der Waals surface area contributed by atoms with Crippen LogP contribution in [0.4, 0.5) is 11.6 Å². The van der Waals surface area contributed by atoms with Crippen LogP contribution in [-0.2, 0) is 9.53 Å². The summed E-state index contributed by atoms with van der Waals surface area (Å²) in [6, 6.07) is 5.43. The number of allylic oxidation sites excluding steroid dienone is 1. The molecular formula is C27H30Cl2N4O4. The smallest absolute Gasteiger partial charge is 0.155 e. The summed E-state index contributed by atoms with van der Waals surface area (Å²) in [7, 11) is 3.06. The van der Waals surface area contributed by atoms with Gasteiger partial charge in [0.2, 0.25) is 0 Å². The van der Waals surface area contributed by atoms with Crippen LogP contribution in [0, 0.1) is 5.92 Å². The first kappa shape index (κ1) is 27.0. The zero-order valence-corrected chi connectivity index (χ0v) is 22.6. The summed E-state index contributed by atoms with van der Waals surface area (Å²) < 4.78 is 16.5. The summed E-state index contributed by atoms with van der Waals surface area (Å²) in [5, 5.41) is 9.20. The van der Waals surface area contributed by atoms with E-state index in [-0.39, 0.29) is 17.7 Å². The van der Waals surface area contributed by atoms with Crippen molar-refractivity contribution in [2.24, 2.45) is 5.92 Å². The van der Waals surface area contributed by atoms with Crippen LogP contribution >= 0.6 is 23.2 Å². The van der Waals surface area contributed by atoms with Gasteiger partial charge in [0.25, 0.3) is 0 Å². The van der Waals surface area contributed by atoms with Crippen molar-refractivity contribution in [3.8, 4) is 22.8 Å². The summed E-state index contributed by atoms with van der Waals surface area (Å²) in [6.45, 7) is 7.38. The predicted molar refractivity (Wildman–Crippen MR) is 148 cm³/mol.